The average molecular weight is 210 g/mol. The second-order valence-corrected chi connectivity index (χ2v) is 5.31. The van der Waals surface area contributed by atoms with Gasteiger partial charge in [0.2, 0.25) is 0 Å². The highest BCUT2D eigenvalue weighted by Gasteiger charge is 2.34. The van der Waals surface area contributed by atoms with Crippen molar-refractivity contribution < 1.29 is 0 Å². The summed E-state index contributed by atoms with van der Waals surface area (Å²) in [6.07, 6.45) is 9.86. The fourth-order valence-electron chi connectivity index (χ4n) is 3.17. The first kappa shape index (κ1) is 11.4. The third-order valence-electron chi connectivity index (χ3n) is 4.04. The van der Waals surface area contributed by atoms with Gasteiger partial charge in [0.15, 0.2) is 0 Å². The van der Waals surface area contributed by atoms with Crippen molar-refractivity contribution in [3.8, 4) is 0 Å². The van der Waals surface area contributed by atoms with Crippen molar-refractivity contribution in [3.63, 3.8) is 0 Å². The monoisotopic (exact) mass is 210 g/mol. The highest BCUT2D eigenvalue weighted by atomic mass is 15.0. The van der Waals surface area contributed by atoms with Crippen molar-refractivity contribution >= 4 is 0 Å². The zero-order valence-corrected chi connectivity index (χ0v) is 10.1. The molecule has 1 aliphatic heterocycles. The zero-order valence-electron chi connectivity index (χ0n) is 10.1. The molecule has 1 saturated carbocycles. The van der Waals surface area contributed by atoms with Gasteiger partial charge in [-0.1, -0.05) is 26.2 Å². The van der Waals surface area contributed by atoms with Gasteiger partial charge < -0.3 is 10.6 Å². The molecule has 0 amide bonds. The summed E-state index contributed by atoms with van der Waals surface area (Å²) in [7, 11) is 0. The van der Waals surface area contributed by atoms with E-state index in [1.807, 2.05) is 0 Å². The van der Waals surface area contributed by atoms with E-state index in [1.54, 1.807) is 0 Å². The Morgan fingerprint density at radius 1 is 1.27 bits per heavy atom. The van der Waals surface area contributed by atoms with Crippen LogP contribution in [0, 0.1) is 5.92 Å². The Morgan fingerprint density at radius 3 is 2.93 bits per heavy atom. The van der Waals surface area contributed by atoms with Gasteiger partial charge in [-0.15, -0.1) is 0 Å². The SMILES string of the molecule is CCCCNCC1CC2CCCCC2N1. The van der Waals surface area contributed by atoms with Gasteiger partial charge in [-0.05, 0) is 38.1 Å². The van der Waals surface area contributed by atoms with Crippen LogP contribution < -0.4 is 10.6 Å². The summed E-state index contributed by atoms with van der Waals surface area (Å²) in [6.45, 7) is 4.64. The smallest absolute Gasteiger partial charge is 0.0198 e. The number of unbranched alkanes of at least 4 members (excludes halogenated alkanes) is 1. The Kier molecular flexibility index (Phi) is 4.45. The van der Waals surface area contributed by atoms with Crippen LogP contribution in [0.3, 0.4) is 0 Å². The maximum absolute atomic E-state index is 3.81. The molecule has 2 aliphatic rings. The van der Waals surface area contributed by atoms with Crippen molar-refractivity contribution in [2.45, 2.75) is 64.0 Å². The van der Waals surface area contributed by atoms with Crippen LogP contribution in [-0.4, -0.2) is 25.2 Å². The molecule has 0 bridgehead atoms. The van der Waals surface area contributed by atoms with Gasteiger partial charge in [-0.2, -0.15) is 0 Å². The van der Waals surface area contributed by atoms with E-state index >= 15 is 0 Å². The number of hydrogen-bond acceptors (Lipinski definition) is 2. The molecule has 2 fully saturated rings. The molecule has 0 aromatic carbocycles. The second kappa shape index (κ2) is 5.86. The van der Waals surface area contributed by atoms with E-state index in [0.29, 0.717) is 0 Å². The highest BCUT2D eigenvalue weighted by Crippen LogP contribution is 2.32. The predicted molar refractivity (Wildman–Crippen MR) is 65.1 cm³/mol. The first-order chi connectivity index (χ1) is 7.40. The van der Waals surface area contributed by atoms with Crippen LogP contribution in [-0.2, 0) is 0 Å². The molecular weight excluding hydrogens is 184 g/mol. The van der Waals surface area contributed by atoms with Gasteiger partial charge in [0, 0.05) is 18.6 Å². The van der Waals surface area contributed by atoms with E-state index in [1.165, 1.54) is 58.0 Å². The summed E-state index contributed by atoms with van der Waals surface area (Å²) in [5.74, 6) is 0.997. The Balaban J connectivity index is 1.63. The lowest BCUT2D eigenvalue weighted by atomic mass is 9.85. The minimum absolute atomic E-state index is 0.759. The fourth-order valence-corrected chi connectivity index (χ4v) is 3.17. The third-order valence-corrected chi connectivity index (χ3v) is 4.04. The first-order valence-corrected chi connectivity index (χ1v) is 6.87. The van der Waals surface area contributed by atoms with Crippen LogP contribution in [0.25, 0.3) is 0 Å². The molecular formula is C13H26N2. The van der Waals surface area contributed by atoms with Gasteiger partial charge in [0.1, 0.15) is 0 Å². The van der Waals surface area contributed by atoms with E-state index < -0.39 is 0 Å². The quantitative estimate of drug-likeness (QED) is 0.680. The Hall–Kier alpha value is -0.0800. The topological polar surface area (TPSA) is 24.1 Å². The van der Waals surface area contributed by atoms with Crippen LogP contribution in [0.1, 0.15) is 51.9 Å². The van der Waals surface area contributed by atoms with Crippen LogP contribution in [0.15, 0.2) is 0 Å². The lowest BCUT2D eigenvalue weighted by Crippen LogP contribution is -2.38. The van der Waals surface area contributed by atoms with Gasteiger partial charge in [0.25, 0.3) is 0 Å². The van der Waals surface area contributed by atoms with E-state index in [0.717, 1.165) is 18.0 Å². The maximum atomic E-state index is 3.81. The van der Waals surface area contributed by atoms with Crippen LogP contribution in [0.2, 0.25) is 0 Å². The summed E-state index contributed by atoms with van der Waals surface area (Å²) < 4.78 is 0. The summed E-state index contributed by atoms with van der Waals surface area (Å²) in [5, 5.41) is 7.38. The number of hydrogen-bond donors (Lipinski definition) is 2. The standard InChI is InChI=1S/C13H26N2/c1-2-3-8-14-10-12-9-11-6-4-5-7-13(11)15-12/h11-15H,2-10H2,1H3. The zero-order chi connectivity index (χ0) is 10.5. The molecule has 0 aromatic rings. The molecule has 0 spiro atoms. The van der Waals surface area contributed by atoms with Gasteiger partial charge in [-0.25, -0.2) is 0 Å². The summed E-state index contributed by atoms with van der Waals surface area (Å²) in [4.78, 5) is 0. The Bertz CT molecular complexity index is 167. The molecule has 1 aliphatic carbocycles. The maximum Gasteiger partial charge on any atom is 0.0198 e. The van der Waals surface area contributed by atoms with Crippen LogP contribution in [0.4, 0.5) is 0 Å². The summed E-state index contributed by atoms with van der Waals surface area (Å²) >= 11 is 0. The van der Waals surface area contributed by atoms with Gasteiger partial charge in [0.05, 0.1) is 0 Å². The second-order valence-electron chi connectivity index (χ2n) is 5.31. The highest BCUT2D eigenvalue weighted by molar-refractivity contribution is 4.93. The largest absolute Gasteiger partial charge is 0.315 e. The van der Waals surface area contributed by atoms with E-state index in [4.69, 9.17) is 0 Å². The molecule has 1 saturated heterocycles. The fraction of sp³-hybridized carbons (Fsp3) is 1.00. The molecule has 88 valence electrons. The van der Waals surface area contributed by atoms with Gasteiger partial charge >= 0.3 is 0 Å². The molecule has 3 unspecified atom stereocenters. The van der Waals surface area contributed by atoms with Crippen LogP contribution >= 0.6 is 0 Å². The Morgan fingerprint density at radius 2 is 2.13 bits per heavy atom. The molecule has 3 atom stereocenters. The van der Waals surface area contributed by atoms with Crippen molar-refractivity contribution in [2.24, 2.45) is 5.92 Å². The van der Waals surface area contributed by atoms with Crippen molar-refractivity contribution in [3.05, 3.63) is 0 Å². The number of fused-ring (bicyclic) bond motifs is 1. The molecule has 0 radical (unpaired) electrons. The summed E-state index contributed by atoms with van der Waals surface area (Å²) in [5.41, 5.74) is 0. The van der Waals surface area contributed by atoms with E-state index in [-0.39, 0.29) is 0 Å². The number of nitrogens with one attached hydrogen (secondary N) is 2. The lowest BCUT2D eigenvalue weighted by Gasteiger charge is -2.24. The molecule has 2 rings (SSSR count). The average Bonchev–Trinajstić information content (AvgIpc) is 2.67. The predicted octanol–water partition coefficient (Wildman–Crippen LogP) is 2.30. The molecule has 1 heterocycles. The first-order valence-electron chi connectivity index (χ1n) is 6.87. The van der Waals surface area contributed by atoms with Crippen molar-refractivity contribution in [1.82, 2.24) is 10.6 Å². The molecule has 2 nitrogen and oxygen atoms in total. The van der Waals surface area contributed by atoms with E-state index in [9.17, 15) is 0 Å². The molecule has 0 aromatic heterocycles. The normalized spacial score (nSPS) is 35.4. The minimum atomic E-state index is 0.759. The molecule has 2 N–H and O–H groups in total. The Labute approximate surface area is 94.2 Å². The number of rotatable bonds is 5. The van der Waals surface area contributed by atoms with E-state index in [2.05, 4.69) is 17.6 Å². The molecule has 15 heavy (non-hydrogen) atoms. The van der Waals surface area contributed by atoms with Crippen LogP contribution in [0.5, 0.6) is 0 Å². The van der Waals surface area contributed by atoms with Crippen molar-refractivity contribution in [2.75, 3.05) is 13.1 Å². The minimum Gasteiger partial charge on any atom is -0.315 e. The van der Waals surface area contributed by atoms with Gasteiger partial charge in [-0.3, -0.25) is 0 Å². The lowest BCUT2D eigenvalue weighted by molar-refractivity contribution is 0.325. The third kappa shape index (κ3) is 3.18. The van der Waals surface area contributed by atoms with Crippen molar-refractivity contribution in [1.29, 1.82) is 0 Å². The molecule has 2 heteroatoms. The summed E-state index contributed by atoms with van der Waals surface area (Å²) in [6, 6.07) is 1.62.